The van der Waals surface area contributed by atoms with E-state index < -0.39 is 0 Å². The number of benzene rings is 2. The van der Waals surface area contributed by atoms with Crippen LogP contribution >= 0.6 is 0 Å². The lowest BCUT2D eigenvalue weighted by molar-refractivity contribution is 0.0953. The smallest absolute Gasteiger partial charge is 0.291 e. The Morgan fingerprint density at radius 1 is 0.970 bits per heavy atom. The van der Waals surface area contributed by atoms with Crippen LogP contribution in [0.1, 0.15) is 50.6 Å². The van der Waals surface area contributed by atoms with Crippen LogP contribution in [0.15, 0.2) is 58.0 Å². The number of nitrogens with zero attached hydrogens (tertiary/aromatic N) is 1. The molecule has 0 unspecified atom stereocenters. The number of aryl methyl sites for hydroxylation is 1. The zero-order chi connectivity index (χ0) is 23.4. The van der Waals surface area contributed by atoms with Crippen LogP contribution in [-0.4, -0.2) is 31.7 Å². The maximum Gasteiger partial charge on any atom is 0.291 e. The topological polar surface area (TPSA) is 102 Å². The maximum atomic E-state index is 13.0. The molecule has 3 aromatic rings. The minimum atomic E-state index is -0.368. The molecule has 2 amide bonds. The summed E-state index contributed by atoms with van der Waals surface area (Å²) in [5.41, 5.74) is 5.80. The minimum Gasteiger partial charge on any atom is -0.497 e. The monoisotopic (exact) mass is 447 g/mol. The number of furan rings is 1. The molecule has 0 atom stereocenters. The summed E-state index contributed by atoms with van der Waals surface area (Å²) in [6.45, 7) is 1.83. The number of nitrogens with one attached hydrogen (secondary N) is 2. The quantitative estimate of drug-likeness (QED) is 0.548. The number of hydrogen-bond acceptors (Lipinski definition) is 6. The molecular formula is C25H25N3O5. The number of methoxy groups -OCH3 is 2. The first-order chi connectivity index (χ1) is 16.0. The lowest BCUT2D eigenvalue weighted by Gasteiger charge is -2.13. The molecule has 0 bridgehead atoms. The van der Waals surface area contributed by atoms with E-state index in [1.165, 1.54) is 0 Å². The highest BCUT2D eigenvalue weighted by molar-refractivity contribution is 6.10. The van der Waals surface area contributed by atoms with Gasteiger partial charge in [-0.25, -0.2) is 5.43 Å². The SMILES string of the molecule is COc1ccc(C(=O)N/N=C2\CCCc3oc(C(=O)Nc4ccccc4OC)c(C)c32)cc1. The van der Waals surface area contributed by atoms with E-state index in [4.69, 9.17) is 13.9 Å². The van der Waals surface area contributed by atoms with Gasteiger partial charge in [-0.2, -0.15) is 5.10 Å². The van der Waals surface area contributed by atoms with Crippen molar-refractivity contribution in [1.29, 1.82) is 0 Å². The molecule has 2 N–H and O–H groups in total. The molecule has 0 saturated carbocycles. The molecule has 170 valence electrons. The fraction of sp³-hybridized carbons (Fsp3) is 0.240. The molecule has 1 aliphatic carbocycles. The van der Waals surface area contributed by atoms with Crippen molar-refractivity contribution >= 4 is 23.2 Å². The zero-order valence-corrected chi connectivity index (χ0v) is 18.7. The van der Waals surface area contributed by atoms with Crippen molar-refractivity contribution < 1.29 is 23.5 Å². The number of hydrazone groups is 1. The Hall–Kier alpha value is -4.07. The highest BCUT2D eigenvalue weighted by atomic mass is 16.5. The predicted molar refractivity (Wildman–Crippen MR) is 124 cm³/mol. The van der Waals surface area contributed by atoms with Crippen LogP contribution in [0.4, 0.5) is 5.69 Å². The first-order valence-corrected chi connectivity index (χ1v) is 10.6. The number of carbonyl (C=O) groups excluding carboxylic acids is 2. The summed E-state index contributed by atoms with van der Waals surface area (Å²) in [6, 6.07) is 13.9. The molecule has 8 heteroatoms. The fourth-order valence-electron chi connectivity index (χ4n) is 3.85. The van der Waals surface area contributed by atoms with E-state index in [2.05, 4.69) is 15.8 Å². The van der Waals surface area contributed by atoms with Gasteiger partial charge in [0, 0.05) is 23.1 Å². The van der Waals surface area contributed by atoms with Crippen molar-refractivity contribution in [3.8, 4) is 11.5 Å². The van der Waals surface area contributed by atoms with Crippen LogP contribution in [0.5, 0.6) is 11.5 Å². The molecule has 0 radical (unpaired) electrons. The number of rotatable bonds is 6. The molecule has 4 rings (SSSR count). The van der Waals surface area contributed by atoms with Crippen molar-refractivity contribution in [2.45, 2.75) is 26.2 Å². The van der Waals surface area contributed by atoms with Crippen LogP contribution < -0.4 is 20.2 Å². The van der Waals surface area contributed by atoms with E-state index in [0.717, 1.165) is 12.0 Å². The van der Waals surface area contributed by atoms with Gasteiger partial charge in [-0.05, 0) is 56.2 Å². The Balaban J connectivity index is 1.55. The van der Waals surface area contributed by atoms with E-state index in [9.17, 15) is 9.59 Å². The number of anilines is 1. The summed E-state index contributed by atoms with van der Waals surface area (Å²) in [4.78, 5) is 25.5. The molecule has 33 heavy (non-hydrogen) atoms. The van der Waals surface area contributed by atoms with Crippen molar-refractivity contribution in [3.05, 3.63) is 76.7 Å². The summed E-state index contributed by atoms with van der Waals surface area (Å²) in [5.74, 6) is 1.45. The second kappa shape index (κ2) is 9.60. The van der Waals surface area contributed by atoms with Gasteiger partial charge in [-0.3, -0.25) is 9.59 Å². The van der Waals surface area contributed by atoms with Crippen molar-refractivity contribution in [2.75, 3.05) is 19.5 Å². The first-order valence-electron chi connectivity index (χ1n) is 10.6. The van der Waals surface area contributed by atoms with Gasteiger partial charge in [0.1, 0.15) is 17.3 Å². The van der Waals surface area contributed by atoms with Crippen molar-refractivity contribution in [2.24, 2.45) is 5.10 Å². The fourth-order valence-corrected chi connectivity index (χ4v) is 3.85. The van der Waals surface area contributed by atoms with Gasteiger partial charge in [0.2, 0.25) is 0 Å². The second-order valence-corrected chi connectivity index (χ2v) is 7.59. The van der Waals surface area contributed by atoms with E-state index in [1.807, 2.05) is 19.1 Å². The summed E-state index contributed by atoms with van der Waals surface area (Å²) < 4.78 is 16.4. The van der Waals surface area contributed by atoms with Crippen LogP contribution in [0.2, 0.25) is 0 Å². The van der Waals surface area contributed by atoms with E-state index in [0.29, 0.717) is 52.6 Å². The summed E-state index contributed by atoms with van der Waals surface area (Å²) in [6.07, 6.45) is 2.18. The standard InChI is InChI=1S/C25H25N3O5/c1-15-22-19(27-28-24(29)16-11-13-17(31-2)14-12-16)8-6-10-21(22)33-23(15)25(30)26-18-7-4-5-9-20(18)32-3/h4-5,7,9,11-14H,6,8,10H2,1-3H3,(H,26,30)(H,28,29)/b27-19+. The second-order valence-electron chi connectivity index (χ2n) is 7.59. The summed E-state index contributed by atoms with van der Waals surface area (Å²) in [5, 5.41) is 7.21. The van der Waals surface area contributed by atoms with Crippen LogP contribution in [0, 0.1) is 6.92 Å². The van der Waals surface area contributed by atoms with E-state index >= 15 is 0 Å². The van der Waals surface area contributed by atoms with Crippen LogP contribution in [0.25, 0.3) is 0 Å². The number of ether oxygens (including phenoxy) is 2. The van der Waals surface area contributed by atoms with Gasteiger partial charge in [0.15, 0.2) is 5.76 Å². The Bertz CT molecular complexity index is 1210. The van der Waals surface area contributed by atoms with Gasteiger partial charge in [-0.1, -0.05) is 12.1 Å². The number of para-hydroxylation sites is 2. The molecule has 0 aliphatic heterocycles. The average Bonchev–Trinajstić information content (AvgIpc) is 3.20. The molecular weight excluding hydrogens is 422 g/mol. The Kier molecular flexibility index (Phi) is 6.44. The molecule has 2 aromatic carbocycles. The normalized spacial score (nSPS) is 13.8. The largest absolute Gasteiger partial charge is 0.497 e. The minimum absolute atomic E-state index is 0.224. The molecule has 0 saturated heterocycles. The Morgan fingerprint density at radius 2 is 1.73 bits per heavy atom. The third-order valence-electron chi connectivity index (χ3n) is 5.53. The van der Waals surface area contributed by atoms with Gasteiger partial charge in [0.05, 0.1) is 25.6 Å². The van der Waals surface area contributed by atoms with Crippen LogP contribution in [-0.2, 0) is 6.42 Å². The predicted octanol–water partition coefficient (Wildman–Crippen LogP) is 4.33. The summed E-state index contributed by atoms with van der Waals surface area (Å²) >= 11 is 0. The third-order valence-corrected chi connectivity index (χ3v) is 5.53. The lowest BCUT2D eigenvalue weighted by atomic mass is 9.93. The summed E-state index contributed by atoms with van der Waals surface area (Å²) in [7, 11) is 3.12. The van der Waals surface area contributed by atoms with Crippen molar-refractivity contribution in [1.82, 2.24) is 5.43 Å². The van der Waals surface area contributed by atoms with Gasteiger partial charge >= 0.3 is 0 Å². The zero-order valence-electron chi connectivity index (χ0n) is 18.7. The van der Waals surface area contributed by atoms with Crippen molar-refractivity contribution in [3.63, 3.8) is 0 Å². The number of amides is 2. The molecule has 1 aromatic heterocycles. The Morgan fingerprint density at radius 3 is 2.45 bits per heavy atom. The average molecular weight is 447 g/mol. The third kappa shape index (κ3) is 4.59. The van der Waals surface area contributed by atoms with Gasteiger partial charge in [-0.15, -0.1) is 0 Å². The van der Waals surface area contributed by atoms with Gasteiger partial charge in [0.25, 0.3) is 11.8 Å². The number of hydrogen-bond donors (Lipinski definition) is 2. The molecule has 1 heterocycles. The maximum absolute atomic E-state index is 13.0. The highest BCUT2D eigenvalue weighted by Crippen LogP contribution is 2.31. The number of fused-ring (bicyclic) bond motifs is 1. The lowest BCUT2D eigenvalue weighted by Crippen LogP contribution is -2.22. The van der Waals surface area contributed by atoms with E-state index in [-0.39, 0.29) is 17.6 Å². The number of carbonyl (C=O) groups is 2. The first kappa shape index (κ1) is 22.1. The molecule has 0 spiro atoms. The Labute approximate surface area is 191 Å². The van der Waals surface area contributed by atoms with Gasteiger partial charge < -0.3 is 19.2 Å². The van der Waals surface area contributed by atoms with Crippen LogP contribution in [0.3, 0.4) is 0 Å². The van der Waals surface area contributed by atoms with E-state index in [1.54, 1.807) is 50.6 Å². The molecule has 8 nitrogen and oxygen atoms in total. The highest BCUT2D eigenvalue weighted by Gasteiger charge is 2.28. The molecule has 1 aliphatic rings. The molecule has 0 fully saturated rings.